The second-order valence-corrected chi connectivity index (χ2v) is 5.23. The molecule has 0 aliphatic carbocycles. The lowest BCUT2D eigenvalue weighted by Gasteiger charge is -2.31. The first kappa shape index (κ1) is 14.5. The molecule has 4 heteroatoms. The summed E-state index contributed by atoms with van der Waals surface area (Å²) in [5, 5.41) is 0. The van der Waals surface area contributed by atoms with E-state index in [0.29, 0.717) is 12.1 Å². The lowest BCUT2D eigenvalue weighted by atomic mass is 9.93. The Morgan fingerprint density at radius 1 is 1.39 bits per heavy atom. The van der Waals surface area contributed by atoms with E-state index < -0.39 is 0 Å². The van der Waals surface area contributed by atoms with E-state index in [1.165, 1.54) is 7.11 Å². The highest BCUT2D eigenvalue weighted by Gasteiger charge is 2.21. The van der Waals surface area contributed by atoms with Crippen LogP contribution in [0.5, 0.6) is 0 Å². The van der Waals surface area contributed by atoms with Crippen molar-refractivity contribution in [3.05, 3.63) is 29.8 Å². The summed E-state index contributed by atoms with van der Waals surface area (Å²) in [7, 11) is 3.35. The maximum atomic E-state index is 11.7. The first-order valence-corrected chi connectivity index (χ1v) is 6.00. The third-order valence-electron chi connectivity index (χ3n) is 2.94. The number of carbonyl (C=O) groups excluding carboxylic acids is 1. The van der Waals surface area contributed by atoms with Crippen LogP contribution in [0.4, 0.5) is 5.69 Å². The zero-order chi connectivity index (χ0) is 13.8. The zero-order valence-corrected chi connectivity index (χ0v) is 11.6. The van der Waals surface area contributed by atoms with Crippen molar-refractivity contribution < 1.29 is 9.53 Å². The minimum absolute atomic E-state index is 0.00200. The largest absolute Gasteiger partial charge is 0.465 e. The molecule has 4 nitrogen and oxygen atoms in total. The number of hydrogen-bond donors (Lipinski definition) is 1. The molecule has 0 radical (unpaired) electrons. The molecule has 0 heterocycles. The fourth-order valence-corrected chi connectivity index (χ4v) is 1.88. The van der Waals surface area contributed by atoms with E-state index in [0.717, 1.165) is 12.2 Å². The zero-order valence-electron chi connectivity index (χ0n) is 11.6. The number of ether oxygens (including phenoxy) is 1. The van der Waals surface area contributed by atoms with Gasteiger partial charge in [-0.1, -0.05) is 26.0 Å². The second kappa shape index (κ2) is 5.87. The van der Waals surface area contributed by atoms with Gasteiger partial charge in [-0.3, -0.25) is 0 Å². The molecule has 0 saturated heterocycles. The summed E-state index contributed by atoms with van der Waals surface area (Å²) < 4.78 is 4.79. The summed E-state index contributed by atoms with van der Waals surface area (Å²) >= 11 is 0. The standard InChI is InChI=1S/C14H22N2O2/c1-14(2,9-15)10-16(3)12-8-6-5-7-11(12)13(17)18-4/h5-8H,9-10,15H2,1-4H3. The molecular weight excluding hydrogens is 228 g/mol. The number of para-hydroxylation sites is 1. The summed E-state index contributed by atoms with van der Waals surface area (Å²) in [6, 6.07) is 7.43. The van der Waals surface area contributed by atoms with Gasteiger partial charge in [0.25, 0.3) is 0 Å². The second-order valence-electron chi connectivity index (χ2n) is 5.23. The number of anilines is 1. The van der Waals surface area contributed by atoms with Crippen LogP contribution in [0.15, 0.2) is 24.3 Å². The van der Waals surface area contributed by atoms with Gasteiger partial charge in [0, 0.05) is 13.6 Å². The van der Waals surface area contributed by atoms with Crippen molar-refractivity contribution in [1.82, 2.24) is 0 Å². The van der Waals surface area contributed by atoms with Crippen LogP contribution in [0, 0.1) is 5.41 Å². The molecule has 0 amide bonds. The van der Waals surface area contributed by atoms with Crippen LogP contribution in [-0.4, -0.2) is 33.2 Å². The van der Waals surface area contributed by atoms with Crippen molar-refractivity contribution in [2.45, 2.75) is 13.8 Å². The molecule has 18 heavy (non-hydrogen) atoms. The van der Waals surface area contributed by atoms with Crippen molar-refractivity contribution in [1.29, 1.82) is 0 Å². The number of esters is 1. The maximum absolute atomic E-state index is 11.7. The molecule has 0 aliphatic rings. The molecule has 0 aliphatic heterocycles. The lowest BCUT2D eigenvalue weighted by Crippen LogP contribution is -2.37. The van der Waals surface area contributed by atoms with Crippen LogP contribution in [0.25, 0.3) is 0 Å². The van der Waals surface area contributed by atoms with Crippen LogP contribution in [0.1, 0.15) is 24.2 Å². The maximum Gasteiger partial charge on any atom is 0.339 e. The van der Waals surface area contributed by atoms with Crippen molar-refractivity contribution >= 4 is 11.7 Å². The first-order valence-electron chi connectivity index (χ1n) is 6.00. The van der Waals surface area contributed by atoms with E-state index in [1.807, 2.05) is 30.1 Å². The molecule has 1 aromatic carbocycles. The fraction of sp³-hybridized carbons (Fsp3) is 0.500. The number of carbonyl (C=O) groups is 1. The van der Waals surface area contributed by atoms with Gasteiger partial charge in [0.1, 0.15) is 0 Å². The topological polar surface area (TPSA) is 55.6 Å². The number of rotatable bonds is 5. The number of nitrogens with zero attached hydrogens (tertiary/aromatic N) is 1. The van der Waals surface area contributed by atoms with Crippen LogP contribution in [0.3, 0.4) is 0 Å². The van der Waals surface area contributed by atoms with Gasteiger partial charge in [-0.2, -0.15) is 0 Å². The number of benzene rings is 1. The molecule has 1 aromatic rings. The van der Waals surface area contributed by atoms with Gasteiger partial charge in [-0.05, 0) is 24.1 Å². The van der Waals surface area contributed by atoms with E-state index in [-0.39, 0.29) is 11.4 Å². The highest BCUT2D eigenvalue weighted by atomic mass is 16.5. The molecule has 100 valence electrons. The van der Waals surface area contributed by atoms with Gasteiger partial charge in [0.05, 0.1) is 18.4 Å². The van der Waals surface area contributed by atoms with Crippen molar-refractivity contribution in [2.75, 3.05) is 32.1 Å². The Kier molecular flexibility index (Phi) is 4.73. The average molecular weight is 250 g/mol. The minimum atomic E-state index is -0.317. The van der Waals surface area contributed by atoms with E-state index in [2.05, 4.69) is 13.8 Å². The van der Waals surface area contributed by atoms with Gasteiger partial charge in [0.2, 0.25) is 0 Å². The quantitative estimate of drug-likeness (QED) is 0.811. The van der Waals surface area contributed by atoms with Crippen molar-refractivity contribution in [3.63, 3.8) is 0 Å². The van der Waals surface area contributed by atoms with Crippen molar-refractivity contribution in [2.24, 2.45) is 11.1 Å². The molecule has 0 bridgehead atoms. The molecule has 0 spiro atoms. The van der Waals surface area contributed by atoms with Gasteiger partial charge in [0.15, 0.2) is 0 Å². The van der Waals surface area contributed by atoms with Crippen molar-refractivity contribution in [3.8, 4) is 0 Å². The van der Waals surface area contributed by atoms with Crippen LogP contribution < -0.4 is 10.6 Å². The molecule has 1 rings (SSSR count). The highest BCUT2D eigenvalue weighted by Crippen LogP contribution is 2.24. The summed E-state index contributed by atoms with van der Waals surface area (Å²) in [6.45, 7) is 5.57. The third kappa shape index (κ3) is 3.47. The molecule has 0 atom stereocenters. The predicted octanol–water partition coefficient (Wildman–Crippen LogP) is 1.89. The van der Waals surface area contributed by atoms with Gasteiger partial charge in [-0.15, -0.1) is 0 Å². The van der Waals surface area contributed by atoms with Crippen LogP contribution >= 0.6 is 0 Å². The Balaban J connectivity index is 2.99. The Morgan fingerprint density at radius 2 is 2.00 bits per heavy atom. The highest BCUT2D eigenvalue weighted by molar-refractivity contribution is 5.95. The van der Waals surface area contributed by atoms with E-state index in [4.69, 9.17) is 10.5 Å². The smallest absolute Gasteiger partial charge is 0.339 e. The first-order chi connectivity index (χ1) is 8.41. The molecule has 0 unspecified atom stereocenters. The third-order valence-corrected chi connectivity index (χ3v) is 2.94. The number of nitrogens with two attached hydrogens (primary N) is 1. The number of hydrogen-bond acceptors (Lipinski definition) is 4. The molecule has 0 fully saturated rings. The minimum Gasteiger partial charge on any atom is -0.465 e. The Hall–Kier alpha value is -1.55. The summed E-state index contributed by atoms with van der Waals surface area (Å²) in [6.07, 6.45) is 0. The summed E-state index contributed by atoms with van der Waals surface area (Å²) in [5.74, 6) is -0.317. The monoisotopic (exact) mass is 250 g/mol. The van der Waals surface area contributed by atoms with Crippen LogP contribution in [-0.2, 0) is 4.74 Å². The van der Waals surface area contributed by atoms with E-state index in [1.54, 1.807) is 6.07 Å². The number of methoxy groups -OCH3 is 1. The Morgan fingerprint density at radius 3 is 2.56 bits per heavy atom. The summed E-state index contributed by atoms with van der Waals surface area (Å²) in [5.41, 5.74) is 7.18. The molecular formula is C14H22N2O2. The van der Waals surface area contributed by atoms with Gasteiger partial charge in [-0.25, -0.2) is 4.79 Å². The SMILES string of the molecule is COC(=O)c1ccccc1N(C)CC(C)(C)CN. The van der Waals surface area contributed by atoms with Gasteiger partial charge >= 0.3 is 5.97 Å². The molecule has 0 aromatic heterocycles. The van der Waals surface area contributed by atoms with E-state index in [9.17, 15) is 4.79 Å². The van der Waals surface area contributed by atoms with Crippen LogP contribution in [0.2, 0.25) is 0 Å². The van der Waals surface area contributed by atoms with E-state index >= 15 is 0 Å². The predicted molar refractivity (Wildman–Crippen MR) is 73.9 cm³/mol. The Labute approximate surface area is 109 Å². The molecule has 0 saturated carbocycles. The fourth-order valence-electron chi connectivity index (χ4n) is 1.88. The summed E-state index contributed by atoms with van der Waals surface area (Å²) in [4.78, 5) is 13.7. The lowest BCUT2D eigenvalue weighted by molar-refractivity contribution is 0.0601. The Bertz CT molecular complexity index is 416. The van der Waals surface area contributed by atoms with Gasteiger partial charge < -0.3 is 15.4 Å². The average Bonchev–Trinajstić information content (AvgIpc) is 2.37. The normalized spacial score (nSPS) is 11.2. The molecule has 2 N–H and O–H groups in total.